The molecule has 2 aliphatic rings. The summed E-state index contributed by atoms with van der Waals surface area (Å²) in [4.78, 5) is 0. The smallest absolute Gasteiger partial charge is 0.214 e. The van der Waals surface area contributed by atoms with Crippen molar-refractivity contribution in [3.05, 3.63) is 0 Å². The SMILES string of the molecule is CCCN(CC1CC1)S(=O)(=O)CCCNC1CC1. The highest BCUT2D eigenvalue weighted by atomic mass is 32.2. The third-order valence-electron chi connectivity index (χ3n) is 3.61. The Hall–Kier alpha value is -0.130. The van der Waals surface area contributed by atoms with Crippen LogP contribution in [0.1, 0.15) is 45.4 Å². The Morgan fingerprint density at radius 2 is 1.94 bits per heavy atom. The summed E-state index contributed by atoms with van der Waals surface area (Å²) in [6.07, 6.45) is 6.58. The second-order valence-corrected chi connectivity index (χ2v) is 7.79. The summed E-state index contributed by atoms with van der Waals surface area (Å²) in [6, 6.07) is 0.672. The summed E-state index contributed by atoms with van der Waals surface area (Å²) in [6.45, 7) is 4.33. The highest BCUT2D eigenvalue weighted by Crippen LogP contribution is 2.30. The van der Waals surface area contributed by atoms with Gasteiger partial charge in [0.1, 0.15) is 0 Å². The van der Waals surface area contributed by atoms with Crippen molar-refractivity contribution < 1.29 is 8.42 Å². The summed E-state index contributed by atoms with van der Waals surface area (Å²) in [5, 5.41) is 3.37. The lowest BCUT2D eigenvalue weighted by atomic mass is 10.4. The van der Waals surface area contributed by atoms with Crippen LogP contribution in [0.5, 0.6) is 0 Å². The highest BCUT2D eigenvalue weighted by molar-refractivity contribution is 7.89. The molecule has 18 heavy (non-hydrogen) atoms. The topological polar surface area (TPSA) is 49.4 Å². The van der Waals surface area contributed by atoms with Gasteiger partial charge < -0.3 is 5.32 Å². The van der Waals surface area contributed by atoms with E-state index >= 15 is 0 Å². The van der Waals surface area contributed by atoms with Gasteiger partial charge in [-0.3, -0.25) is 0 Å². The molecule has 2 saturated carbocycles. The highest BCUT2D eigenvalue weighted by Gasteiger charge is 2.29. The molecule has 2 aliphatic carbocycles. The predicted molar refractivity (Wildman–Crippen MR) is 74.0 cm³/mol. The second kappa shape index (κ2) is 6.35. The number of nitrogens with one attached hydrogen (secondary N) is 1. The Kier molecular flexibility index (Phi) is 5.04. The summed E-state index contributed by atoms with van der Waals surface area (Å²) in [7, 11) is -3.02. The Morgan fingerprint density at radius 1 is 1.22 bits per heavy atom. The largest absolute Gasteiger partial charge is 0.314 e. The van der Waals surface area contributed by atoms with E-state index in [4.69, 9.17) is 0 Å². The zero-order valence-corrected chi connectivity index (χ0v) is 12.2. The van der Waals surface area contributed by atoms with Gasteiger partial charge in [-0.1, -0.05) is 6.92 Å². The molecule has 106 valence electrons. The first-order valence-electron chi connectivity index (χ1n) is 7.33. The van der Waals surface area contributed by atoms with Gasteiger partial charge in [-0.05, 0) is 51.0 Å². The van der Waals surface area contributed by atoms with E-state index in [1.807, 2.05) is 6.92 Å². The van der Waals surface area contributed by atoms with Gasteiger partial charge in [0.25, 0.3) is 0 Å². The third kappa shape index (κ3) is 4.86. The van der Waals surface area contributed by atoms with E-state index in [2.05, 4.69) is 5.32 Å². The second-order valence-electron chi connectivity index (χ2n) is 5.70. The molecule has 5 heteroatoms. The maximum atomic E-state index is 12.2. The molecular weight excluding hydrogens is 248 g/mol. The molecule has 0 aliphatic heterocycles. The molecule has 0 bridgehead atoms. The molecule has 0 amide bonds. The minimum absolute atomic E-state index is 0.305. The zero-order chi connectivity index (χ0) is 13.0. The van der Waals surface area contributed by atoms with Gasteiger partial charge in [0.15, 0.2) is 0 Å². The molecule has 0 spiro atoms. The van der Waals surface area contributed by atoms with Gasteiger partial charge in [-0.15, -0.1) is 0 Å². The molecule has 0 aromatic heterocycles. The Balaban J connectivity index is 1.72. The molecule has 0 atom stereocenters. The van der Waals surface area contributed by atoms with Crippen molar-refractivity contribution in [3.63, 3.8) is 0 Å². The maximum absolute atomic E-state index is 12.2. The molecule has 0 aromatic carbocycles. The fourth-order valence-corrected chi connectivity index (χ4v) is 3.83. The fraction of sp³-hybridized carbons (Fsp3) is 1.00. The molecular formula is C13H26N2O2S. The minimum Gasteiger partial charge on any atom is -0.314 e. The Bertz CT molecular complexity index is 348. The Labute approximate surface area is 111 Å². The molecule has 2 rings (SSSR count). The van der Waals surface area contributed by atoms with Crippen LogP contribution in [0.4, 0.5) is 0 Å². The van der Waals surface area contributed by atoms with Gasteiger partial charge in [0.2, 0.25) is 10.0 Å². The van der Waals surface area contributed by atoms with Crippen molar-refractivity contribution in [1.29, 1.82) is 0 Å². The van der Waals surface area contributed by atoms with E-state index in [9.17, 15) is 8.42 Å². The molecule has 0 aromatic rings. The summed E-state index contributed by atoms with van der Waals surface area (Å²) < 4.78 is 26.2. The van der Waals surface area contributed by atoms with Gasteiger partial charge in [0.05, 0.1) is 5.75 Å². The number of rotatable bonds is 10. The van der Waals surface area contributed by atoms with Crippen LogP contribution in [0.2, 0.25) is 0 Å². The van der Waals surface area contributed by atoms with Gasteiger partial charge in [0, 0.05) is 19.1 Å². The van der Waals surface area contributed by atoms with Crippen LogP contribution >= 0.6 is 0 Å². The number of hydrogen-bond donors (Lipinski definition) is 1. The van der Waals surface area contributed by atoms with Crippen LogP contribution in [0, 0.1) is 5.92 Å². The number of hydrogen-bond acceptors (Lipinski definition) is 3. The lowest BCUT2D eigenvalue weighted by molar-refractivity contribution is 0.394. The van der Waals surface area contributed by atoms with Crippen molar-refractivity contribution >= 4 is 10.0 Å². The minimum atomic E-state index is -3.02. The molecule has 1 N–H and O–H groups in total. The summed E-state index contributed by atoms with van der Waals surface area (Å²) >= 11 is 0. The van der Waals surface area contributed by atoms with Gasteiger partial charge in [-0.25, -0.2) is 12.7 Å². The molecule has 0 radical (unpaired) electrons. The Morgan fingerprint density at radius 3 is 2.50 bits per heavy atom. The van der Waals surface area contributed by atoms with Crippen molar-refractivity contribution in [1.82, 2.24) is 9.62 Å². The first kappa shape index (κ1) is 14.3. The average Bonchev–Trinajstić information content (AvgIpc) is 3.18. The molecule has 0 saturated heterocycles. The number of sulfonamides is 1. The lowest BCUT2D eigenvalue weighted by Crippen LogP contribution is -2.36. The standard InChI is InChI=1S/C13H26N2O2S/c1-2-9-15(11-12-4-5-12)18(16,17)10-3-8-14-13-6-7-13/h12-14H,2-11H2,1H3. The molecule has 4 nitrogen and oxygen atoms in total. The van der Waals surface area contributed by atoms with Crippen LogP contribution < -0.4 is 5.32 Å². The van der Waals surface area contributed by atoms with E-state index < -0.39 is 10.0 Å². The van der Waals surface area contributed by atoms with Crippen LogP contribution in [0.3, 0.4) is 0 Å². The first-order valence-corrected chi connectivity index (χ1v) is 8.94. The predicted octanol–water partition coefficient (Wildman–Crippen LogP) is 1.58. The van der Waals surface area contributed by atoms with Crippen LogP contribution in [-0.4, -0.2) is 44.2 Å². The van der Waals surface area contributed by atoms with E-state index in [0.717, 1.165) is 25.9 Å². The first-order chi connectivity index (χ1) is 8.62. The quantitative estimate of drug-likeness (QED) is 0.615. The van der Waals surface area contributed by atoms with Crippen molar-refractivity contribution in [3.8, 4) is 0 Å². The summed E-state index contributed by atoms with van der Waals surface area (Å²) in [5.74, 6) is 0.940. The molecule has 2 fully saturated rings. The normalized spacial score (nSPS) is 20.6. The fourth-order valence-electron chi connectivity index (χ4n) is 2.16. The molecule has 0 heterocycles. The van der Waals surface area contributed by atoms with Crippen molar-refractivity contribution in [2.45, 2.75) is 51.5 Å². The number of nitrogens with zero attached hydrogens (tertiary/aromatic N) is 1. The van der Waals surface area contributed by atoms with Gasteiger partial charge in [-0.2, -0.15) is 0 Å². The maximum Gasteiger partial charge on any atom is 0.214 e. The zero-order valence-electron chi connectivity index (χ0n) is 11.4. The van der Waals surface area contributed by atoms with Gasteiger partial charge >= 0.3 is 0 Å². The van der Waals surface area contributed by atoms with E-state index in [1.165, 1.54) is 25.7 Å². The average molecular weight is 274 g/mol. The summed E-state index contributed by atoms with van der Waals surface area (Å²) in [5.41, 5.74) is 0. The van der Waals surface area contributed by atoms with E-state index in [-0.39, 0.29) is 0 Å². The van der Waals surface area contributed by atoms with Crippen LogP contribution in [0.25, 0.3) is 0 Å². The lowest BCUT2D eigenvalue weighted by Gasteiger charge is -2.21. The monoisotopic (exact) mass is 274 g/mol. The van der Waals surface area contributed by atoms with Crippen molar-refractivity contribution in [2.75, 3.05) is 25.4 Å². The van der Waals surface area contributed by atoms with Crippen LogP contribution in [0.15, 0.2) is 0 Å². The van der Waals surface area contributed by atoms with Crippen molar-refractivity contribution in [2.24, 2.45) is 5.92 Å². The van der Waals surface area contributed by atoms with E-state index in [0.29, 0.717) is 24.3 Å². The third-order valence-corrected chi connectivity index (χ3v) is 5.54. The van der Waals surface area contributed by atoms with E-state index in [1.54, 1.807) is 4.31 Å². The molecule has 0 unspecified atom stereocenters. The van der Waals surface area contributed by atoms with Crippen LogP contribution in [-0.2, 0) is 10.0 Å².